The number of hydrogen-bond acceptors (Lipinski definition) is 3. The van der Waals surface area contributed by atoms with Crippen molar-refractivity contribution in [2.24, 2.45) is 0 Å². The largest absolute Gasteiger partial charge is 0.325 e. The highest BCUT2D eigenvalue weighted by Crippen LogP contribution is 2.26. The third-order valence-corrected chi connectivity index (χ3v) is 4.81. The summed E-state index contributed by atoms with van der Waals surface area (Å²) in [7, 11) is 0. The number of H-pyrrole nitrogens is 1. The number of aromatic amines is 1. The maximum atomic E-state index is 12.1. The molecule has 1 aromatic heterocycles. The first-order valence-electron chi connectivity index (χ1n) is 6.85. The van der Waals surface area contributed by atoms with Crippen LogP contribution in [0.15, 0.2) is 36.5 Å². The number of amides is 1. The number of anilines is 1. The lowest BCUT2D eigenvalue weighted by Gasteiger charge is -2.20. The predicted octanol–water partition coefficient (Wildman–Crippen LogP) is 3.30. The van der Waals surface area contributed by atoms with Crippen molar-refractivity contribution in [3.8, 4) is 11.3 Å². The molecule has 1 atom stereocenters. The summed E-state index contributed by atoms with van der Waals surface area (Å²) >= 11 is 1.77. The normalized spacial score (nSPS) is 18.7. The molecule has 1 saturated heterocycles. The lowest BCUT2D eigenvalue weighted by Crippen LogP contribution is -2.27. The lowest BCUT2D eigenvalue weighted by atomic mass is 10.1. The van der Waals surface area contributed by atoms with E-state index in [1.54, 1.807) is 18.0 Å². The molecule has 1 aromatic carbocycles. The number of carbonyl (C=O) groups is 1. The van der Waals surface area contributed by atoms with Gasteiger partial charge < -0.3 is 5.32 Å². The van der Waals surface area contributed by atoms with Gasteiger partial charge in [-0.3, -0.25) is 9.89 Å². The highest BCUT2D eigenvalue weighted by atomic mass is 32.2. The van der Waals surface area contributed by atoms with E-state index in [2.05, 4.69) is 15.5 Å². The summed E-state index contributed by atoms with van der Waals surface area (Å²) in [6.07, 6.45) is 5.10. The second-order valence-electron chi connectivity index (χ2n) is 4.89. The second-order valence-corrected chi connectivity index (χ2v) is 6.20. The Kier molecular flexibility index (Phi) is 4.06. The van der Waals surface area contributed by atoms with Crippen LogP contribution in [0.25, 0.3) is 11.3 Å². The van der Waals surface area contributed by atoms with E-state index in [0.717, 1.165) is 35.5 Å². The van der Waals surface area contributed by atoms with Crippen LogP contribution in [0, 0.1) is 0 Å². The number of carbonyl (C=O) groups excluding carboxylic acids is 1. The first-order chi connectivity index (χ1) is 9.83. The summed E-state index contributed by atoms with van der Waals surface area (Å²) < 4.78 is 0. The third-order valence-electron chi connectivity index (χ3n) is 3.44. The fourth-order valence-electron chi connectivity index (χ4n) is 2.32. The highest BCUT2D eigenvalue weighted by Gasteiger charge is 2.21. The van der Waals surface area contributed by atoms with Crippen LogP contribution in [0.5, 0.6) is 0 Å². The van der Waals surface area contributed by atoms with Gasteiger partial charge in [-0.1, -0.05) is 18.6 Å². The fourth-order valence-corrected chi connectivity index (χ4v) is 3.52. The highest BCUT2D eigenvalue weighted by molar-refractivity contribution is 8.00. The molecule has 2 N–H and O–H groups in total. The molecule has 1 amide bonds. The zero-order chi connectivity index (χ0) is 13.8. The van der Waals surface area contributed by atoms with Crippen molar-refractivity contribution < 1.29 is 4.79 Å². The van der Waals surface area contributed by atoms with Crippen molar-refractivity contribution in [1.82, 2.24) is 10.2 Å². The molecule has 0 spiro atoms. The van der Waals surface area contributed by atoms with Gasteiger partial charge in [0.25, 0.3) is 0 Å². The van der Waals surface area contributed by atoms with E-state index in [9.17, 15) is 4.79 Å². The van der Waals surface area contributed by atoms with E-state index >= 15 is 0 Å². The van der Waals surface area contributed by atoms with Crippen molar-refractivity contribution in [3.63, 3.8) is 0 Å². The van der Waals surface area contributed by atoms with Crippen molar-refractivity contribution in [2.45, 2.75) is 24.5 Å². The Labute approximate surface area is 122 Å². The maximum absolute atomic E-state index is 12.1. The van der Waals surface area contributed by atoms with Crippen molar-refractivity contribution in [2.75, 3.05) is 11.1 Å². The van der Waals surface area contributed by atoms with Crippen LogP contribution in [-0.2, 0) is 4.79 Å². The summed E-state index contributed by atoms with van der Waals surface area (Å²) in [5.41, 5.74) is 2.89. The van der Waals surface area contributed by atoms with E-state index in [4.69, 9.17) is 0 Å². The average molecular weight is 287 g/mol. The quantitative estimate of drug-likeness (QED) is 0.910. The monoisotopic (exact) mass is 287 g/mol. The molecule has 3 rings (SSSR count). The van der Waals surface area contributed by atoms with Crippen LogP contribution in [-0.4, -0.2) is 27.1 Å². The van der Waals surface area contributed by atoms with Gasteiger partial charge in [0.05, 0.1) is 10.9 Å². The van der Waals surface area contributed by atoms with Gasteiger partial charge in [0.15, 0.2) is 0 Å². The van der Waals surface area contributed by atoms with Gasteiger partial charge in [-0.2, -0.15) is 5.10 Å². The zero-order valence-electron chi connectivity index (χ0n) is 11.1. The molecule has 2 aromatic rings. The maximum Gasteiger partial charge on any atom is 0.237 e. The first-order valence-corrected chi connectivity index (χ1v) is 7.90. The smallest absolute Gasteiger partial charge is 0.237 e. The molecule has 1 aliphatic rings. The molecule has 0 radical (unpaired) electrons. The molecule has 1 aliphatic heterocycles. The van der Waals surface area contributed by atoms with Gasteiger partial charge in [-0.25, -0.2) is 0 Å². The minimum Gasteiger partial charge on any atom is -0.325 e. The van der Waals surface area contributed by atoms with Crippen LogP contribution in [0.3, 0.4) is 0 Å². The van der Waals surface area contributed by atoms with Crippen molar-refractivity contribution in [3.05, 3.63) is 36.5 Å². The minimum atomic E-state index is 0.107. The first kappa shape index (κ1) is 13.2. The average Bonchev–Trinajstić information content (AvgIpc) is 3.03. The van der Waals surface area contributed by atoms with E-state index < -0.39 is 0 Å². The van der Waals surface area contributed by atoms with E-state index in [0.29, 0.717) is 0 Å². The number of thioether (sulfide) groups is 1. The van der Waals surface area contributed by atoms with Crippen molar-refractivity contribution in [1.29, 1.82) is 0 Å². The van der Waals surface area contributed by atoms with E-state index in [1.165, 1.54) is 6.42 Å². The molecule has 1 unspecified atom stereocenters. The Bertz CT molecular complexity index is 559. The molecule has 2 heterocycles. The number of rotatable bonds is 3. The van der Waals surface area contributed by atoms with E-state index in [1.807, 2.05) is 30.3 Å². The molecule has 0 bridgehead atoms. The van der Waals surface area contributed by atoms with Gasteiger partial charge in [0, 0.05) is 11.9 Å². The lowest BCUT2D eigenvalue weighted by molar-refractivity contribution is -0.115. The Morgan fingerprint density at radius 2 is 2.10 bits per heavy atom. The van der Waals surface area contributed by atoms with Gasteiger partial charge in [0.2, 0.25) is 5.91 Å². The molecule has 5 heteroatoms. The van der Waals surface area contributed by atoms with Gasteiger partial charge >= 0.3 is 0 Å². The Morgan fingerprint density at radius 3 is 2.75 bits per heavy atom. The van der Waals surface area contributed by atoms with Crippen LogP contribution in [0.2, 0.25) is 0 Å². The van der Waals surface area contributed by atoms with Crippen LogP contribution in [0.1, 0.15) is 19.3 Å². The number of nitrogens with one attached hydrogen (secondary N) is 2. The molecular formula is C15H17N3OS. The summed E-state index contributed by atoms with van der Waals surface area (Å²) in [4.78, 5) is 12.1. The number of hydrogen-bond donors (Lipinski definition) is 2. The van der Waals surface area contributed by atoms with Crippen LogP contribution >= 0.6 is 11.8 Å². The number of nitrogens with zero attached hydrogens (tertiary/aromatic N) is 1. The van der Waals surface area contributed by atoms with Crippen LogP contribution in [0.4, 0.5) is 5.69 Å². The fraction of sp³-hybridized carbons (Fsp3) is 0.333. The molecule has 0 saturated carbocycles. The third kappa shape index (κ3) is 3.04. The van der Waals surface area contributed by atoms with Crippen molar-refractivity contribution >= 4 is 23.4 Å². The second kappa shape index (κ2) is 6.13. The molecule has 4 nitrogen and oxygen atoms in total. The Hall–Kier alpha value is -1.75. The number of aromatic nitrogens is 2. The standard InChI is InChI=1S/C15H17N3OS/c19-15(14-3-1-2-10-20-14)17-12-6-4-11(5-7-12)13-8-9-16-18-13/h4-9,14H,1-3,10H2,(H,16,18)(H,17,19). The number of benzene rings is 1. The molecule has 104 valence electrons. The van der Waals surface area contributed by atoms with Crippen LogP contribution < -0.4 is 5.32 Å². The summed E-state index contributed by atoms with van der Waals surface area (Å²) in [5, 5.41) is 9.96. The SMILES string of the molecule is O=C(Nc1ccc(-c2ccn[nH]2)cc1)C1CCCCS1. The van der Waals surface area contributed by atoms with Gasteiger partial charge in [-0.05, 0) is 42.4 Å². The summed E-state index contributed by atoms with van der Waals surface area (Å²) in [5.74, 6) is 1.22. The summed E-state index contributed by atoms with van der Waals surface area (Å²) in [6.45, 7) is 0. The van der Waals surface area contributed by atoms with Gasteiger partial charge in [-0.15, -0.1) is 11.8 Å². The molecule has 20 heavy (non-hydrogen) atoms. The predicted molar refractivity (Wildman–Crippen MR) is 82.8 cm³/mol. The summed E-state index contributed by atoms with van der Waals surface area (Å²) in [6, 6.07) is 9.75. The Balaban J connectivity index is 1.64. The topological polar surface area (TPSA) is 57.8 Å². The molecule has 0 aliphatic carbocycles. The Morgan fingerprint density at radius 1 is 1.25 bits per heavy atom. The van der Waals surface area contributed by atoms with Gasteiger partial charge in [0.1, 0.15) is 0 Å². The van der Waals surface area contributed by atoms with E-state index in [-0.39, 0.29) is 11.2 Å². The zero-order valence-corrected chi connectivity index (χ0v) is 12.0. The molecular weight excluding hydrogens is 270 g/mol. The minimum absolute atomic E-state index is 0.107. The molecule has 1 fully saturated rings.